The molecule has 0 fully saturated rings. The zero-order valence-corrected chi connectivity index (χ0v) is 17.5. The molecular formula is C21H31N3OS. The Balaban J connectivity index is 2.39. The summed E-state index contributed by atoms with van der Waals surface area (Å²) < 4.78 is 2.27. The van der Waals surface area contributed by atoms with Crippen molar-refractivity contribution in [1.29, 1.82) is 0 Å². The molecule has 0 aliphatic heterocycles. The number of carbonyl (C=O) groups is 1. The topological polar surface area (TPSA) is 38.1 Å². The second-order valence-electron chi connectivity index (χ2n) is 6.49. The predicted molar refractivity (Wildman–Crippen MR) is 110 cm³/mol. The fraction of sp³-hybridized carbons (Fsp3) is 0.524. The van der Waals surface area contributed by atoms with Gasteiger partial charge < -0.3 is 9.47 Å². The van der Waals surface area contributed by atoms with Gasteiger partial charge in [-0.2, -0.15) is 0 Å². The third kappa shape index (κ3) is 4.70. The fourth-order valence-electron chi connectivity index (χ4n) is 2.99. The average Bonchev–Trinajstić information content (AvgIpc) is 2.93. The Morgan fingerprint density at radius 1 is 1.15 bits per heavy atom. The van der Waals surface area contributed by atoms with Gasteiger partial charge in [0.25, 0.3) is 0 Å². The van der Waals surface area contributed by atoms with Crippen molar-refractivity contribution >= 4 is 17.7 Å². The zero-order valence-electron chi connectivity index (χ0n) is 16.7. The first-order valence-corrected chi connectivity index (χ1v) is 10.4. The van der Waals surface area contributed by atoms with Crippen molar-refractivity contribution in [3.8, 4) is 0 Å². The number of thioether (sulfide) groups is 1. The molecule has 1 atom stereocenters. The van der Waals surface area contributed by atoms with Gasteiger partial charge in [0.15, 0.2) is 5.16 Å². The molecule has 0 radical (unpaired) electrons. The van der Waals surface area contributed by atoms with E-state index in [1.165, 1.54) is 5.69 Å². The minimum absolute atomic E-state index is 0.159. The summed E-state index contributed by atoms with van der Waals surface area (Å²) >= 11 is 1.58. The first-order chi connectivity index (χ1) is 12.5. The first-order valence-electron chi connectivity index (χ1n) is 9.57. The van der Waals surface area contributed by atoms with E-state index in [-0.39, 0.29) is 11.2 Å². The third-order valence-corrected chi connectivity index (χ3v) is 6.01. The number of benzene rings is 1. The number of aryl methyl sites for hydroxylation is 1. The number of likely N-dealkylation sites (N-methyl/N-ethyl adjacent to an activating group) is 1. The van der Waals surface area contributed by atoms with Gasteiger partial charge in [0.05, 0.1) is 5.69 Å². The van der Waals surface area contributed by atoms with Crippen LogP contribution in [0.1, 0.15) is 55.8 Å². The number of rotatable bonds is 9. The number of amides is 1. The lowest BCUT2D eigenvalue weighted by Crippen LogP contribution is -2.34. The van der Waals surface area contributed by atoms with E-state index >= 15 is 0 Å². The Labute approximate surface area is 162 Å². The first kappa shape index (κ1) is 20.6. The summed E-state index contributed by atoms with van der Waals surface area (Å²) in [7, 11) is 0. The molecule has 1 aromatic heterocycles. The molecular weight excluding hydrogens is 342 g/mol. The molecule has 0 spiro atoms. The lowest BCUT2D eigenvalue weighted by Gasteiger charge is -2.25. The Kier molecular flexibility index (Phi) is 7.76. The second-order valence-corrected chi connectivity index (χ2v) is 7.56. The summed E-state index contributed by atoms with van der Waals surface area (Å²) in [4.78, 5) is 19.9. The van der Waals surface area contributed by atoms with E-state index in [9.17, 15) is 4.79 Å². The van der Waals surface area contributed by atoms with Crippen LogP contribution >= 0.6 is 11.8 Å². The van der Waals surface area contributed by atoms with Crippen molar-refractivity contribution in [2.24, 2.45) is 0 Å². The molecule has 4 nitrogen and oxygen atoms in total. The molecule has 1 amide bonds. The van der Waals surface area contributed by atoms with Crippen LogP contribution in [0.5, 0.6) is 0 Å². The highest BCUT2D eigenvalue weighted by atomic mass is 32.2. The Morgan fingerprint density at radius 2 is 1.81 bits per heavy atom. The van der Waals surface area contributed by atoms with Gasteiger partial charge >= 0.3 is 0 Å². The summed E-state index contributed by atoms with van der Waals surface area (Å²) in [5.41, 5.74) is 3.28. The highest BCUT2D eigenvalue weighted by Crippen LogP contribution is 2.37. The van der Waals surface area contributed by atoms with Crippen molar-refractivity contribution in [1.82, 2.24) is 14.5 Å². The van der Waals surface area contributed by atoms with Crippen molar-refractivity contribution in [2.45, 2.75) is 64.4 Å². The normalized spacial score (nSPS) is 12.2. The third-order valence-electron chi connectivity index (χ3n) is 4.78. The molecule has 2 aromatic rings. The van der Waals surface area contributed by atoms with Crippen molar-refractivity contribution in [3.05, 3.63) is 47.3 Å². The highest BCUT2D eigenvalue weighted by molar-refractivity contribution is 8.00. The van der Waals surface area contributed by atoms with Crippen LogP contribution in [-0.2, 0) is 11.3 Å². The molecule has 1 heterocycles. The van der Waals surface area contributed by atoms with Crippen LogP contribution in [0, 0.1) is 13.8 Å². The number of hydrogen-bond acceptors (Lipinski definition) is 3. The summed E-state index contributed by atoms with van der Waals surface area (Å²) in [6.45, 7) is 12.8. The van der Waals surface area contributed by atoms with E-state index in [0.717, 1.165) is 48.9 Å². The summed E-state index contributed by atoms with van der Waals surface area (Å²) in [6, 6.07) is 10.1. The standard InChI is InChI=1S/C21H31N3OS/c1-6-9-15-24-17(5)16(4)22-21(24)26-19(18-13-11-10-12-14-18)20(25)23(7-2)8-3/h10-14,19H,6-9,15H2,1-5H3. The molecule has 0 bridgehead atoms. The van der Waals surface area contributed by atoms with Gasteiger partial charge in [-0.25, -0.2) is 4.98 Å². The van der Waals surface area contributed by atoms with E-state index in [4.69, 9.17) is 4.98 Å². The molecule has 0 saturated heterocycles. The van der Waals surface area contributed by atoms with Gasteiger partial charge in [-0.1, -0.05) is 55.4 Å². The molecule has 2 rings (SSSR count). The number of imidazole rings is 1. The molecule has 0 N–H and O–H groups in total. The van der Waals surface area contributed by atoms with Gasteiger partial charge in [-0.15, -0.1) is 0 Å². The van der Waals surface area contributed by atoms with Gasteiger partial charge in [0.2, 0.25) is 5.91 Å². The Bertz CT molecular complexity index is 708. The van der Waals surface area contributed by atoms with E-state index in [1.807, 2.05) is 56.0 Å². The number of carbonyl (C=O) groups excluding carboxylic acids is 1. The number of hydrogen-bond donors (Lipinski definition) is 0. The van der Waals surface area contributed by atoms with Crippen LogP contribution in [0.15, 0.2) is 35.5 Å². The van der Waals surface area contributed by atoms with Crippen LogP contribution in [0.25, 0.3) is 0 Å². The summed E-state index contributed by atoms with van der Waals surface area (Å²) in [5.74, 6) is 0.159. The molecule has 26 heavy (non-hydrogen) atoms. The minimum atomic E-state index is -0.266. The van der Waals surface area contributed by atoms with Crippen molar-refractivity contribution < 1.29 is 4.79 Å². The summed E-state index contributed by atoms with van der Waals surface area (Å²) in [5, 5.41) is 0.681. The second kappa shape index (κ2) is 9.81. The molecule has 0 aliphatic carbocycles. The van der Waals surface area contributed by atoms with Crippen LogP contribution < -0.4 is 0 Å². The Hall–Kier alpha value is -1.75. The van der Waals surface area contributed by atoms with Crippen LogP contribution in [0.3, 0.4) is 0 Å². The minimum Gasteiger partial charge on any atom is -0.342 e. The molecule has 0 saturated carbocycles. The van der Waals surface area contributed by atoms with Crippen molar-refractivity contribution in [2.75, 3.05) is 13.1 Å². The van der Waals surface area contributed by atoms with E-state index in [1.54, 1.807) is 11.8 Å². The van der Waals surface area contributed by atoms with Gasteiger partial charge in [0, 0.05) is 25.3 Å². The highest BCUT2D eigenvalue weighted by Gasteiger charge is 2.28. The molecule has 0 aliphatic rings. The van der Waals surface area contributed by atoms with Crippen LogP contribution in [-0.4, -0.2) is 33.4 Å². The SMILES string of the molecule is CCCCn1c(SC(C(=O)N(CC)CC)c2ccccc2)nc(C)c1C. The number of aromatic nitrogens is 2. The monoisotopic (exact) mass is 373 g/mol. The molecule has 142 valence electrons. The molecule has 1 unspecified atom stereocenters. The van der Waals surface area contributed by atoms with Crippen LogP contribution in [0.4, 0.5) is 0 Å². The smallest absolute Gasteiger partial charge is 0.240 e. The van der Waals surface area contributed by atoms with Crippen molar-refractivity contribution in [3.63, 3.8) is 0 Å². The summed E-state index contributed by atoms with van der Waals surface area (Å²) in [6.07, 6.45) is 2.26. The van der Waals surface area contributed by atoms with Gasteiger partial charge in [-0.3, -0.25) is 4.79 Å². The van der Waals surface area contributed by atoms with E-state index in [2.05, 4.69) is 18.4 Å². The van der Waals surface area contributed by atoms with Gasteiger partial charge in [0.1, 0.15) is 5.25 Å². The average molecular weight is 374 g/mol. The Morgan fingerprint density at radius 3 is 2.38 bits per heavy atom. The maximum Gasteiger partial charge on any atom is 0.240 e. The largest absolute Gasteiger partial charge is 0.342 e. The number of unbranched alkanes of at least 4 members (excludes halogenated alkanes) is 1. The van der Waals surface area contributed by atoms with E-state index < -0.39 is 0 Å². The fourth-order valence-corrected chi connectivity index (χ4v) is 4.29. The maximum absolute atomic E-state index is 13.2. The molecule has 5 heteroatoms. The van der Waals surface area contributed by atoms with Crippen LogP contribution in [0.2, 0.25) is 0 Å². The quantitative estimate of drug-likeness (QED) is 0.580. The maximum atomic E-state index is 13.2. The zero-order chi connectivity index (χ0) is 19.1. The predicted octanol–water partition coefficient (Wildman–Crippen LogP) is 5.00. The number of nitrogens with zero attached hydrogens (tertiary/aromatic N) is 3. The lowest BCUT2D eigenvalue weighted by molar-refractivity contribution is -0.130. The van der Waals surface area contributed by atoms with Gasteiger partial charge in [-0.05, 0) is 39.7 Å². The molecule has 1 aromatic carbocycles. The van der Waals surface area contributed by atoms with E-state index in [0.29, 0.717) is 0 Å². The lowest BCUT2D eigenvalue weighted by atomic mass is 10.1.